The molecule has 0 spiro atoms. The van der Waals surface area contributed by atoms with E-state index >= 15 is 0 Å². The highest BCUT2D eigenvalue weighted by Crippen LogP contribution is 2.44. The summed E-state index contributed by atoms with van der Waals surface area (Å²) in [6, 6.07) is 16.5. The SMILES string of the molecule is CC(=O)c1ccc2nc(CN3CCN(c4cccc5c4O[C@H](c4ccc(Cl)cc4F)CO5)C[C@@H]3C)n(C[C@@H]3CCO3)c2c1. The number of carbonyl (C=O) groups is 1. The van der Waals surface area contributed by atoms with Crippen LogP contribution >= 0.6 is 11.6 Å². The number of para-hydroxylation sites is 1. The largest absolute Gasteiger partial charge is 0.485 e. The van der Waals surface area contributed by atoms with E-state index in [1.54, 1.807) is 19.1 Å². The van der Waals surface area contributed by atoms with Crippen LogP contribution in [-0.4, -0.2) is 65.2 Å². The van der Waals surface area contributed by atoms with Crippen LogP contribution in [0.5, 0.6) is 11.5 Å². The van der Waals surface area contributed by atoms with Crippen molar-refractivity contribution in [3.8, 4) is 11.5 Å². The van der Waals surface area contributed by atoms with E-state index in [0.29, 0.717) is 34.2 Å². The second kappa shape index (κ2) is 11.4. The van der Waals surface area contributed by atoms with E-state index in [2.05, 4.69) is 21.3 Å². The average Bonchev–Trinajstić information content (AvgIpc) is 3.31. The molecule has 0 amide bonds. The highest BCUT2D eigenvalue weighted by molar-refractivity contribution is 6.30. The van der Waals surface area contributed by atoms with E-state index in [9.17, 15) is 9.18 Å². The summed E-state index contributed by atoms with van der Waals surface area (Å²) >= 11 is 5.97. The summed E-state index contributed by atoms with van der Waals surface area (Å²) in [6.07, 6.45) is 0.628. The molecule has 10 heteroatoms. The molecule has 224 valence electrons. The number of piperazine rings is 1. The van der Waals surface area contributed by atoms with Gasteiger partial charge >= 0.3 is 0 Å². The van der Waals surface area contributed by atoms with Crippen molar-refractivity contribution in [2.24, 2.45) is 0 Å². The Bertz CT molecular complexity index is 1690. The fourth-order valence-corrected chi connectivity index (χ4v) is 6.38. The minimum Gasteiger partial charge on any atom is -0.485 e. The first kappa shape index (κ1) is 28.1. The van der Waals surface area contributed by atoms with Crippen molar-refractivity contribution in [1.29, 1.82) is 0 Å². The summed E-state index contributed by atoms with van der Waals surface area (Å²) in [5.41, 5.74) is 3.92. The number of carbonyl (C=O) groups excluding carboxylic acids is 1. The molecule has 0 radical (unpaired) electrons. The van der Waals surface area contributed by atoms with Gasteiger partial charge in [-0.1, -0.05) is 23.7 Å². The van der Waals surface area contributed by atoms with Crippen molar-refractivity contribution in [3.63, 3.8) is 0 Å². The zero-order valence-corrected chi connectivity index (χ0v) is 25.0. The number of hydrogen-bond acceptors (Lipinski definition) is 7. The predicted molar refractivity (Wildman–Crippen MR) is 163 cm³/mol. The maximum Gasteiger partial charge on any atom is 0.185 e. The van der Waals surface area contributed by atoms with Gasteiger partial charge in [0.15, 0.2) is 23.4 Å². The van der Waals surface area contributed by atoms with Gasteiger partial charge in [-0.15, -0.1) is 0 Å². The van der Waals surface area contributed by atoms with Crippen molar-refractivity contribution < 1.29 is 23.4 Å². The lowest BCUT2D eigenvalue weighted by Crippen LogP contribution is -2.52. The summed E-state index contributed by atoms with van der Waals surface area (Å²) in [5, 5.41) is 0.346. The maximum atomic E-state index is 14.7. The molecule has 3 aromatic carbocycles. The second-order valence-electron chi connectivity index (χ2n) is 11.6. The Morgan fingerprint density at radius 2 is 2.00 bits per heavy atom. The monoisotopic (exact) mass is 604 g/mol. The summed E-state index contributed by atoms with van der Waals surface area (Å²) in [5.74, 6) is 1.92. The zero-order chi connectivity index (χ0) is 29.7. The Hall–Kier alpha value is -3.66. The molecule has 7 rings (SSSR count). The maximum absolute atomic E-state index is 14.7. The fraction of sp³-hybridized carbons (Fsp3) is 0.394. The molecule has 2 saturated heterocycles. The third kappa shape index (κ3) is 5.46. The molecule has 43 heavy (non-hydrogen) atoms. The fourth-order valence-electron chi connectivity index (χ4n) is 6.22. The lowest BCUT2D eigenvalue weighted by Gasteiger charge is -2.42. The Morgan fingerprint density at radius 1 is 1.14 bits per heavy atom. The number of fused-ring (bicyclic) bond motifs is 2. The molecule has 8 nitrogen and oxygen atoms in total. The molecule has 3 aliphatic heterocycles. The number of anilines is 1. The molecular weight excluding hydrogens is 571 g/mol. The number of halogens is 2. The van der Waals surface area contributed by atoms with Gasteiger partial charge in [0.1, 0.15) is 18.2 Å². The first-order valence-corrected chi connectivity index (χ1v) is 15.2. The van der Waals surface area contributed by atoms with E-state index in [1.165, 1.54) is 6.07 Å². The van der Waals surface area contributed by atoms with Crippen molar-refractivity contribution in [2.75, 3.05) is 37.7 Å². The van der Waals surface area contributed by atoms with Crippen LogP contribution in [0.4, 0.5) is 10.1 Å². The van der Waals surface area contributed by atoms with Gasteiger partial charge in [0.05, 0.1) is 35.9 Å². The van der Waals surface area contributed by atoms with Crippen LogP contribution in [0.15, 0.2) is 54.6 Å². The Kier molecular flexibility index (Phi) is 7.49. The highest BCUT2D eigenvalue weighted by Gasteiger charge is 2.32. The topological polar surface area (TPSA) is 69.1 Å². The quantitative estimate of drug-likeness (QED) is 0.238. The van der Waals surface area contributed by atoms with Crippen molar-refractivity contribution in [1.82, 2.24) is 14.5 Å². The van der Waals surface area contributed by atoms with Gasteiger partial charge in [-0.05, 0) is 62.7 Å². The smallest absolute Gasteiger partial charge is 0.185 e. The minimum absolute atomic E-state index is 0.0444. The number of ether oxygens (including phenoxy) is 3. The van der Waals surface area contributed by atoms with Crippen molar-refractivity contribution in [2.45, 2.75) is 51.6 Å². The van der Waals surface area contributed by atoms with Gasteiger partial charge in [0.25, 0.3) is 0 Å². The Balaban J connectivity index is 1.10. The molecule has 3 aliphatic rings. The van der Waals surface area contributed by atoms with Gasteiger partial charge in [0, 0.05) is 48.4 Å². The van der Waals surface area contributed by atoms with Crippen molar-refractivity contribution >= 4 is 34.1 Å². The molecule has 1 aromatic heterocycles. The lowest BCUT2D eigenvalue weighted by molar-refractivity contribution is -0.0592. The normalized spacial score (nSPS) is 22.0. The van der Waals surface area contributed by atoms with Gasteiger partial charge in [-0.25, -0.2) is 9.37 Å². The number of hydrogen-bond donors (Lipinski definition) is 0. The van der Waals surface area contributed by atoms with Crippen LogP contribution in [0.1, 0.15) is 48.1 Å². The van der Waals surface area contributed by atoms with Crippen LogP contribution < -0.4 is 14.4 Å². The van der Waals surface area contributed by atoms with Crippen LogP contribution in [0.2, 0.25) is 5.02 Å². The molecule has 4 aromatic rings. The van der Waals surface area contributed by atoms with Gasteiger partial charge in [-0.3, -0.25) is 9.69 Å². The molecular formula is C33H34ClFN4O4. The van der Waals surface area contributed by atoms with Crippen LogP contribution in [0.3, 0.4) is 0 Å². The number of ketones is 1. The van der Waals surface area contributed by atoms with E-state index in [4.69, 9.17) is 30.8 Å². The summed E-state index contributed by atoms with van der Waals surface area (Å²) in [4.78, 5) is 21.9. The molecule has 0 bridgehead atoms. The number of nitrogens with zero attached hydrogens (tertiary/aromatic N) is 4. The molecule has 0 unspecified atom stereocenters. The number of Topliss-reactive ketones (excluding diaryl/α,β-unsaturated/α-hetero) is 1. The van der Waals surface area contributed by atoms with Crippen LogP contribution in [0, 0.1) is 5.82 Å². The first-order chi connectivity index (χ1) is 20.8. The van der Waals surface area contributed by atoms with E-state index in [-0.39, 0.29) is 24.5 Å². The van der Waals surface area contributed by atoms with Gasteiger partial charge in [-0.2, -0.15) is 0 Å². The molecule has 2 fully saturated rings. The van der Waals surface area contributed by atoms with E-state index in [0.717, 1.165) is 61.8 Å². The first-order valence-electron chi connectivity index (χ1n) is 14.8. The van der Waals surface area contributed by atoms with E-state index < -0.39 is 11.9 Å². The lowest BCUT2D eigenvalue weighted by atomic mass is 10.1. The predicted octanol–water partition coefficient (Wildman–Crippen LogP) is 6.04. The zero-order valence-electron chi connectivity index (χ0n) is 24.3. The molecule has 0 aliphatic carbocycles. The number of imidazole rings is 1. The minimum atomic E-state index is -0.569. The van der Waals surface area contributed by atoms with Crippen LogP contribution in [-0.2, 0) is 17.8 Å². The molecule has 0 saturated carbocycles. The second-order valence-corrected chi connectivity index (χ2v) is 12.1. The molecule has 0 N–H and O–H groups in total. The highest BCUT2D eigenvalue weighted by atomic mass is 35.5. The summed E-state index contributed by atoms with van der Waals surface area (Å²) in [6.45, 7) is 8.63. The Morgan fingerprint density at radius 3 is 2.74 bits per heavy atom. The van der Waals surface area contributed by atoms with Crippen LogP contribution in [0.25, 0.3) is 11.0 Å². The number of aromatic nitrogens is 2. The Labute approximate surface area is 254 Å². The van der Waals surface area contributed by atoms with Gasteiger partial charge in [0.2, 0.25) is 0 Å². The third-order valence-electron chi connectivity index (χ3n) is 8.78. The van der Waals surface area contributed by atoms with E-state index in [1.807, 2.05) is 36.4 Å². The molecule has 3 atom stereocenters. The standard InChI is InChI=1S/C33H34ClFN4O4/c1-20-16-38(28-4-3-5-30-33(28)43-31(19-42-30)25-8-7-23(34)15-26(25)35)12-11-37(20)18-32-36-27-9-6-22(21(2)40)14-29(27)39(32)17-24-10-13-41-24/h3-9,14-15,20,24,31H,10-13,16-19H2,1-2H3/t20-,24-,31-/m0/s1. The average molecular weight is 605 g/mol. The summed E-state index contributed by atoms with van der Waals surface area (Å²) in [7, 11) is 0. The summed E-state index contributed by atoms with van der Waals surface area (Å²) < 4.78 is 35.2. The van der Waals surface area contributed by atoms with Crippen molar-refractivity contribution in [3.05, 3.63) is 82.4 Å². The molecule has 4 heterocycles. The number of benzene rings is 3. The van der Waals surface area contributed by atoms with Gasteiger partial charge < -0.3 is 23.7 Å². The third-order valence-corrected chi connectivity index (χ3v) is 9.02. The number of rotatable bonds is 7.